The van der Waals surface area contributed by atoms with Crippen LogP contribution in [-0.4, -0.2) is 40.0 Å². The Balaban J connectivity index is 1.42. The molecule has 2 unspecified atom stereocenters. The SMILES string of the molecule is CC1CC(NC(=O)Nc2cc(Cl)c(-c3ccc(NCC(F)(F)F)nc3)cc2F)Cc2cc(=O)[nH]nc21. The third-order valence-electron chi connectivity index (χ3n) is 5.68. The molecule has 8 nitrogen and oxygen atoms in total. The number of alkyl halides is 3. The van der Waals surface area contributed by atoms with E-state index in [2.05, 4.69) is 31.1 Å². The van der Waals surface area contributed by atoms with Gasteiger partial charge < -0.3 is 16.0 Å². The maximum absolute atomic E-state index is 14.8. The Bertz CT molecular complexity index is 1330. The average Bonchev–Trinajstić information content (AvgIpc) is 2.79. The normalized spacial score (nSPS) is 17.3. The summed E-state index contributed by atoms with van der Waals surface area (Å²) in [7, 11) is 0. The molecular weight excluding hydrogens is 504 g/mol. The number of aromatic amines is 1. The molecule has 0 radical (unpaired) electrons. The molecule has 2 atom stereocenters. The van der Waals surface area contributed by atoms with E-state index >= 15 is 0 Å². The molecule has 13 heteroatoms. The number of pyridine rings is 1. The molecule has 0 spiro atoms. The topological polar surface area (TPSA) is 112 Å². The van der Waals surface area contributed by atoms with Crippen molar-refractivity contribution in [3.05, 3.63) is 69.0 Å². The van der Waals surface area contributed by atoms with E-state index in [1.54, 1.807) is 0 Å². The molecule has 4 N–H and O–H groups in total. The van der Waals surface area contributed by atoms with Crippen molar-refractivity contribution in [1.82, 2.24) is 20.5 Å². The monoisotopic (exact) mass is 524 g/mol. The van der Waals surface area contributed by atoms with E-state index in [0.29, 0.717) is 18.4 Å². The van der Waals surface area contributed by atoms with Gasteiger partial charge in [0.15, 0.2) is 0 Å². The standard InChI is InChI=1S/C23H21ClF4N6O2/c1-11-4-14(5-13-6-20(35)33-34-21(11)13)31-22(36)32-18-8-16(24)15(7-17(18)25)12-2-3-19(29-9-12)30-10-23(26,27)28/h2-3,6-9,11,14H,4-5,10H2,1H3,(H,29,30)(H,33,35)(H2,31,32,36). The average molecular weight is 525 g/mol. The van der Waals surface area contributed by atoms with Crippen LogP contribution in [0.1, 0.15) is 30.5 Å². The Morgan fingerprint density at radius 1 is 1.25 bits per heavy atom. The number of H-pyrrole nitrogens is 1. The van der Waals surface area contributed by atoms with E-state index in [-0.39, 0.29) is 39.6 Å². The number of carbonyl (C=O) groups is 1. The minimum atomic E-state index is -4.39. The Kier molecular flexibility index (Phi) is 7.16. The Morgan fingerprint density at radius 2 is 2.03 bits per heavy atom. The lowest BCUT2D eigenvalue weighted by atomic mass is 9.85. The second-order valence-corrected chi connectivity index (χ2v) is 8.90. The van der Waals surface area contributed by atoms with E-state index < -0.39 is 24.6 Å². The van der Waals surface area contributed by atoms with Crippen LogP contribution in [0.15, 0.2) is 41.3 Å². The van der Waals surface area contributed by atoms with Crippen LogP contribution in [-0.2, 0) is 6.42 Å². The predicted molar refractivity (Wildman–Crippen MR) is 127 cm³/mol. The van der Waals surface area contributed by atoms with Crippen LogP contribution in [0.3, 0.4) is 0 Å². The van der Waals surface area contributed by atoms with Gasteiger partial charge in [-0.15, -0.1) is 0 Å². The molecule has 1 aromatic carbocycles. The highest BCUT2D eigenvalue weighted by atomic mass is 35.5. The lowest BCUT2D eigenvalue weighted by Crippen LogP contribution is -2.42. The van der Waals surface area contributed by atoms with Crippen LogP contribution < -0.4 is 21.5 Å². The van der Waals surface area contributed by atoms with E-state index in [0.717, 1.165) is 17.3 Å². The molecule has 0 saturated heterocycles. The molecule has 0 saturated carbocycles. The number of nitrogens with zero attached hydrogens (tertiary/aromatic N) is 2. The summed E-state index contributed by atoms with van der Waals surface area (Å²) in [5, 5.41) is 14.0. The molecular formula is C23H21ClF4N6O2. The Labute approximate surface area is 207 Å². The number of hydrogen-bond donors (Lipinski definition) is 4. The first-order valence-corrected chi connectivity index (χ1v) is 11.3. The van der Waals surface area contributed by atoms with Crippen molar-refractivity contribution >= 4 is 29.1 Å². The molecule has 0 bridgehead atoms. The van der Waals surface area contributed by atoms with Gasteiger partial charge in [0.25, 0.3) is 5.56 Å². The van der Waals surface area contributed by atoms with E-state index in [1.165, 1.54) is 30.5 Å². The summed E-state index contributed by atoms with van der Waals surface area (Å²) in [6.07, 6.45) is -2.13. The van der Waals surface area contributed by atoms with Crippen LogP contribution in [0.25, 0.3) is 11.1 Å². The summed E-state index contributed by atoms with van der Waals surface area (Å²) < 4.78 is 51.8. The Morgan fingerprint density at radius 3 is 2.72 bits per heavy atom. The predicted octanol–water partition coefficient (Wildman–Crippen LogP) is 4.84. The van der Waals surface area contributed by atoms with Gasteiger partial charge in [-0.1, -0.05) is 18.5 Å². The van der Waals surface area contributed by atoms with Gasteiger partial charge in [-0.05, 0) is 42.7 Å². The van der Waals surface area contributed by atoms with Gasteiger partial charge in [-0.25, -0.2) is 19.3 Å². The van der Waals surface area contributed by atoms with Gasteiger partial charge in [-0.3, -0.25) is 4.79 Å². The number of hydrogen-bond acceptors (Lipinski definition) is 5. The Hall–Kier alpha value is -3.67. The second kappa shape index (κ2) is 10.1. The van der Waals surface area contributed by atoms with Crippen molar-refractivity contribution in [3.63, 3.8) is 0 Å². The number of fused-ring (bicyclic) bond motifs is 1. The maximum atomic E-state index is 14.8. The molecule has 190 valence electrons. The second-order valence-electron chi connectivity index (χ2n) is 8.49. The first-order valence-electron chi connectivity index (χ1n) is 10.9. The molecule has 0 aliphatic heterocycles. The van der Waals surface area contributed by atoms with Crippen molar-refractivity contribution in [1.29, 1.82) is 0 Å². The number of nitrogens with one attached hydrogen (secondary N) is 4. The van der Waals surface area contributed by atoms with Crippen molar-refractivity contribution < 1.29 is 22.4 Å². The number of carbonyl (C=O) groups excluding carboxylic acids is 1. The lowest BCUT2D eigenvalue weighted by Gasteiger charge is -2.28. The zero-order chi connectivity index (χ0) is 26.0. The molecule has 2 heterocycles. The number of halogens is 5. The third kappa shape index (κ3) is 6.11. The summed E-state index contributed by atoms with van der Waals surface area (Å²) in [5.41, 5.74) is 1.68. The molecule has 0 fully saturated rings. The third-order valence-corrected chi connectivity index (χ3v) is 5.99. The van der Waals surface area contributed by atoms with Crippen LogP contribution in [0.4, 0.5) is 33.9 Å². The molecule has 1 aliphatic carbocycles. The summed E-state index contributed by atoms with van der Waals surface area (Å²) in [5.74, 6) is -0.755. The molecule has 4 rings (SSSR count). The molecule has 36 heavy (non-hydrogen) atoms. The van der Waals surface area contributed by atoms with Crippen LogP contribution in [0.5, 0.6) is 0 Å². The summed E-state index contributed by atoms with van der Waals surface area (Å²) in [6.45, 7) is 0.695. The molecule has 3 aromatic rings. The van der Waals surface area contributed by atoms with Gasteiger partial charge in [0.1, 0.15) is 18.2 Å². The quantitative estimate of drug-likeness (QED) is 0.357. The minimum Gasteiger partial charge on any atom is -0.361 e. The minimum absolute atomic E-state index is 0.00247. The highest BCUT2D eigenvalue weighted by Gasteiger charge is 2.28. The highest BCUT2D eigenvalue weighted by Crippen LogP contribution is 2.33. The first kappa shape index (κ1) is 25.4. The first-order chi connectivity index (χ1) is 17.0. The summed E-state index contributed by atoms with van der Waals surface area (Å²) in [4.78, 5) is 28.0. The largest absolute Gasteiger partial charge is 0.405 e. The van der Waals surface area contributed by atoms with Gasteiger partial charge in [0.05, 0.1) is 16.4 Å². The zero-order valence-electron chi connectivity index (χ0n) is 18.8. The number of rotatable bonds is 5. The van der Waals surface area contributed by atoms with Gasteiger partial charge in [0.2, 0.25) is 0 Å². The van der Waals surface area contributed by atoms with Crippen molar-refractivity contribution in [3.8, 4) is 11.1 Å². The molecule has 2 aromatic heterocycles. The fourth-order valence-corrected chi connectivity index (χ4v) is 4.37. The number of anilines is 2. The van der Waals surface area contributed by atoms with Gasteiger partial charge in [-0.2, -0.15) is 18.3 Å². The lowest BCUT2D eigenvalue weighted by molar-refractivity contribution is -0.115. The van der Waals surface area contributed by atoms with E-state index in [4.69, 9.17) is 11.6 Å². The fourth-order valence-electron chi connectivity index (χ4n) is 4.10. The van der Waals surface area contributed by atoms with E-state index in [1.807, 2.05) is 6.92 Å². The zero-order valence-corrected chi connectivity index (χ0v) is 19.6. The van der Waals surface area contributed by atoms with Crippen LogP contribution >= 0.6 is 11.6 Å². The van der Waals surface area contributed by atoms with Crippen LogP contribution in [0.2, 0.25) is 5.02 Å². The van der Waals surface area contributed by atoms with Crippen LogP contribution in [0, 0.1) is 5.82 Å². The van der Waals surface area contributed by atoms with Crippen molar-refractivity contribution in [2.45, 2.75) is 37.9 Å². The summed E-state index contributed by atoms with van der Waals surface area (Å²) in [6, 6.07) is 5.65. The van der Waals surface area contributed by atoms with Gasteiger partial charge in [0, 0.05) is 35.3 Å². The number of aromatic nitrogens is 3. The number of urea groups is 1. The summed E-state index contributed by atoms with van der Waals surface area (Å²) >= 11 is 6.29. The number of benzene rings is 1. The van der Waals surface area contributed by atoms with Crippen molar-refractivity contribution in [2.75, 3.05) is 17.2 Å². The van der Waals surface area contributed by atoms with Crippen molar-refractivity contribution in [2.24, 2.45) is 0 Å². The van der Waals surface area contributed by atoms with Gasteiger partial charge >= 0.3 is 12.2 Å². The molecule has 1 aliphatic rings. The smallest absolute Gasteiger partial charge is 0.361 e. The highest BCUT2D eigenvalue weighted by molar-refractivity contribution is 6.33. The van der Waals surface area contributed by atoms with E-state index in [9.17, 15) is 27.2 Å². The fraction of sp³-hybridized carbons (Fsp3) is 0.304. The molecule has 2 amide bonds. The number of amides is 2. The maximum Gasteiger partial charge on any atom is 0.405 e.